The van der Waals surface area contributed by atoms with E-state index in [1.165, 1.54) is 0 Å². The van der Waals surface area contributed by atoms with Crippen LogP contribution in [0, 0.1) is 6.20 Å². The van der Waals surface area contributed by atoms with Gasteiger partial charge in [-0.1, -0.05) is 0 Å². The molecule has 1 radical (unpaired) electrons. The minimum Gasteiger partial charge on any atom is -0.254 e. The molecule has 0 fully saturated rings. The van der Waals surface area contributed by atoms with Crippen LogP contribution >= 0.6 is 0 Å². The topological polar surface area (TPSA) is 56.5 Å². The molecule has 0 atom stereocenters. The van der Waals surface area contributed by atoms with Gasteiger partial charge in [0.2, 0.25) is 0 Å². The first-order valence-electron chi connectivity index (χ1n) is 3.43. The maximum Gasteiger partial charge on any atom is 0.184 e. The van der Waals surface area contributed by atoms with Crippen molar-refractivity contribution in [2.75, 3.05) is 0 Å². The zero-order valence-corrected chi connectivity index (χ0v) is 6.47. The van der Waals surface area contributed by atoms with Gasteiger partial charge >= 0.3 is 0 Å². The molecular weight excluding hydrogens is 154 g/mol. The zero-order valence-electron chi connectivity index (χ0n) is 6.47. The molecule has 0 saturated heterocycles. The van der Waals surface area contributed by atoms with E-state index in [4.69, 9.17) is 0 Å². The van der Waals surface area contributed by atoms with Gasteiger partial charge in [-0.25, -0.2) is 4.68 Å². The maximum atomic E-state index is 3.85. The lowest BCUT2D eigenvalue weighted by Crippen LogP contribution is -1.94. The third kappa shape index (κ3) is 1.05. The minimum absolute atomic E-state index is 0.670. The van der Waals surface area contributed by atoms with Crippen molar-refractivity contribution in [1.82, 2.24) is 25.2 Å². The molecule has 0 amide bonds. The molecule has 0 aliphatic rings. The van der Waals surface area contributed by atoms with Gasteiger partial charge in [0, 0.05) is 18.8 Å². The Kier molecular flexibility index (Phi) is 1.55. The summed E-state index contributed by atoms with van der Waals surface area (Å²) >= 11 is 0. The number of hydrogen-bond acceptors (Lipinski definition) is 4. The highest BCUT2D eigenvalue weighted by Crippen LogP contribution is 2.10. The Morgan fingerprint density at radius 3 is 3.00 bits per heavy atom. The zero-order chi connectivity index (χ0) is 8.39. The number of tetrazole rings is 1. The lowest BCUT2D eigenvalue weighted by atomic mass is 10.3. The summed E-state index contributed by atoms with van der Waals surface area (Å²) in [5, 5.41) is 11.0. The number of hydrogen-bond donors (Lipinski definition) is 0. The van der Waals surface area contributed by atoms with Gasteiger partial charge in [-0.3, -0.25) is 4.98 Å². The predicted molar refractivity (Wildman–Crippen MR) is 40.9 cm³/mol. The van der Waals surface area contributed by atoms with E-state index in [1.807, 2.05) is 12.1 Å². The number of pyridine rings is 1. The Labute approximate surface area is 69.1 Å². The molecule has 0 bridgehead atoms. The molecular formula is C7H6N5. The van der Waals surface area contributed by atoms with E-state index < -0.39 is 0 Å². The third-order valence-electron chi connectivity index (χ3n) is 1.47. The molecule has 59 valence electrons. The first-order valence-corrected chi connectivity index (χ1v) is 3.43. The van der Waals surface area contributed by atoms with Gasteiger partial charge in [0.25, 0.3) is 0 Å². The summed E-state index contributed by atoms with van der Waals surface area (Å²) in [5.74, 6) is 0.670. The third-order valence-corrected chi connectivity index (χ3v) is 1.47. The van der Waals surface area contributed by atoms with Crippen LogP contribution in [0.3, 0.4) is 0 Å². The highest BCUT2D eigenvalue weighted by atomic mass is 15.5. The van der Waals surface area contributed by atoms with Crippen LogP contribution in [0.25, 0.3) is 11.4 Å². The van der Waals surface area contributed by atoms with Crippen LogP contribution < -0.4 is 0 Å². The first-order chi connectivity index (χ1) is 5.88. The van der Waals surface area contributed by atoms with Crippen molar-refractivity contribution in [3.8, 4) is 11.4 Å². The van der Waals surface area contributed by atoms with Crippen LogP contribution in [0.1, 0.15) is 0 Å². The van der Waals surface area contributed by atoms with E-state index in [-0.39, 0.29) is 0 Å². The lowest BCUT2D eigenvalue weighted by molar-refractivity contribution is 0.714. The molecule has 0 aromatic carbocycles. The Morgan fingerprint density at radius 1 is 1.50 bits per heavy atom. The second-order valence-electron chi connectivity index (χ2n) is 2.29. The van der Waals surface area contributed by atoms with Crippen molar-refractivity contribution in [3.05, 3.63) is 24.5 Å². The van der Waals surface area contributed by atoms with Crippen molar-refractivity contribution < 1.29 is 0 Å². The maximum absolute atomic E-state index is 3.85. The monoisotopic (exact) mass is 160 g/mol. The summed E-state index contributed by atoms with van der Waals surface area (Å²) in [6.07, 6.45) is 4.46. The van der Waals surface area contributed by atoms with Crippen LogP contribution in [-0.2, 0) is 7.05 Å². The van der Waals surface area contributed by atoms with Crippen LogP contribution in [0.5, 0.6) is 0 Å². The molecule has 0 unspecified atom stereocenters. The van der Waals surface area contributed by atoms with E-state index in [1.54, 1.807) is 17.9 Å². The largest absolute Gasteiger partial charge is 0.254 e. The van der Waals surface area contributed by atoms with Crippen LogP contribution in [0.15, 0.2) is 18.3 Å². The molecule has 0 N–H and O–H groups in total. The SMILES string of the molecule is Cn1nnnc1-c1[c]nccc1. The fourth-order valence-corrected chi connectivity index (χ4v) is 0.909. The summed E-state index contributed by atoms with van der Waals surface area (Å²) in [5.41, 5.74) is 0.796. The predicted octanol–water partition coefficient (Wildman–Crippen LogP) is 0.0723. The van der Waals surface area contributed by atoms with Gasteiger partial charge in [-0.05, 0) is 22.6 Å². The first kappa shape index (κ1) is 6.90. The fourth-order valence-electron chi connectivity index (χ4n) is 0.909. The molecule has 5 heteroatoms. The summed E-state index contributed by atoms with van der Waals surface area (Å²) in [6.45, 7) is 0. The molecule has 5 nitrogen and oxygen atoms in total. The molecule has 0 aliphatic carbocycles. The molecule has 2 aromatic heterocycles. The van der Waals surface area contributed by atoms with Crippen molar-refractivity contribution in [2.24, 2.45) is 7.05 Å². The van der Waals surface area contributed by atoms with Crippen molar-refractivity contribution in [2.45, 2.75) is 0 Å². The Morgan fingerprint density at radius 2 is 2.42 bits per heavy atom. The number of nitrogens with zero attached hydrogens (tertiary/aromatic N) is 5. The smallest absolute Gasteiger partial charge is 0.184 e. The second kappa shape index (κ2) is 2.69. The molecule has 0 saturated carbocycles. The Hall–Kier alpha value is -1.78. The quantitative estimate of drug-likeness (QED) is 0.592. The van der Waals surface area contributed by atoms with Crippen LogP contribution in [0.2, 0.25) is 0 Å². The van der Waals surface area contributed by atoms with Crippen molar-refractivity contribution in [1.29, 1.82) is 0 Å². The summed E-state index contributed by atoms with van der Waals surface area (Å²) in [6, 6.07) is 3.68. The van der Waals surface area contributed by atoms with Gasteiger partial charge in [0.1, 0.15) is 6.20 Å². The highest BCUT2D eigenvalue weighted by Gasteiger charge is 2.04. The van der Waals surface area contributed by atoms with E-state index >= 15 is 0 Å². The van der Waals surface area contributed by atoms with Gasteiger partial charge < -0.3 is 0 Å². The Bertz CT molecular complexity index is 366. The number of aromatic nitrogens is 5. The lowest BCUT2D eigenvalue weighted by Gasteiger charge is -1.94. The van der Waals surface area contributed by atoms with Gasteiger partial charge in [0.05, 0.1) is 0 Å². The fraction of sp³-hybridized carbons (Fsp3) is 0.143. The summed E-state index contributed by atoms with van der Waals surface area (Å²) in [4.78, 5) is 3.85. The second-order valence-corrected chi connectivity index (χ2v) is 2.29. The molecule has 0 spiro atoms. The van der Waals surface area contributed by atoms with Gasteiger partial charge in [-0.2, -0.15) is 0 Å². The van der Waals surface area contributed by atoms with E-state index in [2.05, 4.69) is 26.7 Å². The molecule has 12 heavy (non-hydrogen) atoms. The van der Waals surface area contributed by atoms with E-state index in [9.17, 15) is 0 Å². The molecule has 2 heterocycles. The molecule has 2 aromatic rings. The average Bonchev–Trinajstić information content (AvgIpc) is 2.53. The standard InChI is InChI=1S/C7H6N5/c1-12-7(9-10-11-12)6-3-2-4-8-5-6/h2-4H,1H3. The summed E-state index contributed by atoms with van der Waals surface area (Å²) < 4.78 is 1.58. The average molecular weight is 160 g/mol. The number of aryl methyl sites for hydroxylation is 1. The normalized spacial score (nSPS) is 10.1. The highest BCUT2D eigenvalue weighted by molar-refractivity contribution is 5.51. The Balaban J connectivity index is 2.51. The minimum atomic E-state index is 0.670. The van der Waals surface area contributed by atoms with Gasteiger partial charge in [-0.15, -0.1) is 5.10 Å². The summed E-state index contributed by atoms with van der Waals surface area (Å²) in [7, 11) is 1.77. The molecule has 2 rings (SSSR count). The van der Waals surface area contributed by atoms with Crippen molar-refractivity contribution >= 4 is 0 Å². The van der Waals surface area contributed by atoms with E-state index in [0.29, 0.717) is 5.82 Å². The molecule has 0 aliphatic heterocycles. The van der Waals surface area contributed by atoms with Crippen LogP contribution in [0.4, 0.5) is 0 Å². The van der Waals surface area contributed by atoms with Crippen LogP contribution in [-0.4, -0.2) is 25.2 Å². The van der Waals surface area contributed by atoms with E-state index in [0.717, 1.165) is 5.56 Å². The number of rotatable bonds is 1. The van der Waals surface area contributed by atoms with Gasteiger partial charge in [0.15, 0.2) is 5.82 Å². The van der Waals surface area contributed by atoms with Crippen molar-refractivity contribution in [3.63, 3.8) is 0 Å².